The van der Waals surface area contributed by atoms with Crippen LogP contribution in [0.2, 0.25) is 0 Å². The van der Waals surface area contributed by atoms with E-state index in [4.69, 9.17) is 9.84 Å². The van der Waals surface area contributed by atoms with Crippen LogP contribution in [-0.4, -0.2) is 17.0 Å². The number of ether oxygens (including phenoxy) is 1. The van der Waals surface area contributed by atoms with Gasteiger partial charge in [0.15, 0.2) is 0 Å². The highest BCUT2D eigenvalue weighted by Crippen LogP contribution is 2.14. The van der Waals surface area contributed by atoms with Crippen LogP contribution < -0.4 is 4.74 Å². The molecule has 0 heterocycles. The summed E-state index contributed by atoms with van der Waals surface area (Å²) in [6, 6.07) is 6.65. The first kappa shape index (κ1) is 13.0. The molecule has 0 atom stereocenters. The van der Waals surface area contributed by atoms with Crippen molar-refractivity contribution < 1.29 is 19.4 Å². The zero-order valence-corrected chi connectivity index (χ0v) is 9.55. The Labute approximate surface area is 99.5 Å². The standard InChI is InChI=1S/C13H14O4/c1-2-3-13(16)17-11-7-4-10(5-8-11)6-9-12(14)15/h4-9H,2-3H2,1H3,(H,14,15)/b9-6+. The van der Waals surface area contributed by atoms with Gasteiger partial charge in [-0.2, -0.15) is 0 Å². The predicted octanol–water partition coefficient (Wildman–Crippen LogP) is 2.49. The molecule has 4 heteroatoms. The second kappa shape index (κ2) is 6.48. The first-order chi connectivity index (χ1) is 8.11. The van der Waals surface area contributed by atoms with Gasteiger partial charge in [-0.15, -0.1) is 0 Å². The van der Waals surface area contributed by atoms with Gasteiger partial charge in [-0.25, -0.2) is 4.79 Å². The minimum Gasteiger partial charge on any atom is -0.478 e. The highest BCUT2D eigenvalue weighted by molar-refractivity contribution is 5.85. The number of carbonyl (C=O) groups is 2. The van der Waals surface area contributed by atoms with Gasteiger partial charge in [-0.05, 0) is 30.2 Å². The van der Waals surface area contributed by atoms with E-state index in [0.717, 1.165) is 18.1 Å². The third kappa shape index (κ3) is 4.97. The second-order valence-electron chi connectivity index (χ2n) is 3.46. The minimum absolute atomic E-state index is 0.263. The molecule has 17 heavy (non-hydrogen) atoms. The third-order valence-corrected chi connectivity index (χ3v) is 1.98. The van der Waals surface area contributed by atoms with E-state index >= 15 is 0 Å². The van der Waals surface area contributed by atoms with Gasteiger partial charge in [-0.3, -0.25) is 4.79 Å². The molecule has 1 aromatic rings. The molecule has 0 radical (unpaired) electrons. The van der Waals surface area contributed by atoms with Crippen LogP contribution in [-0.2, 0) is 9.59 Å². The number of benzene rings is 1. The van der Waals surface area contributed by atoms with Crippen molar-refractivity contribution >= 4 is 18.0 Å². The zero-order chi connectivity index (χ0) is 12.7. The maximum atomic E-state index is 11.2. The van der Waals surface area contributed by atoms with Gasteiger partial charge >= 0.3 is 11.9 Å². The first-order valence-corrected chi connectivity index (χ1v) is 5.33. The zero-order valence-electron chi connectivity index (χ0n) is 9.55. The molecule has 0 amide bonds. The number of aliphatic carboxylic acids is 1. The molecule has 1 N–H and O–H groups in total. The Morgan fingerprint density at radius 3 is 2.47 bits per heavy atom. The average molecular weight is 234 g/mol. The lowest BCUT2D eigenvalue weighted by Crippen LogP contribution is -2.06. The van der Waals surface area contributed by atoms with E-state index < -0.39 is 5.97 Å². The van der Waals surface area contributed by atoms with Crippen molar-refractivity contribution in [3.8, 4) is 5.75 Å². The summed E-state index contributed by atoms with van der Waals surface area (Å²) in [5, 5.41) is 8.45. The van der Waals surface area contributed by atoms with Crippen LogP contribution in [0.4, 0.5) is 0 Å². The van der Waals surface area contributed by atoms with Gasteiger partial charge in [0.25, 0.3) is 0 Å². The van der Waals surface area contributed by atoms with Gasteiger partial charge in [0.1, 0.15) is 5.75 Å². The number of esters is 1. The highest BCUT2D eigenvalue weighted by Gasteiger charge is 2.02. The number of carbonyl (C=O) groups excluding carboxylic acids is 1. The van der Waals surface area contributed by atoms with Crippen LogP contribution >= 0.6 is 0 Å². The van der Waals surface area contributed by atoms with E-state index in [0.29, 0.717) is 12.2 Å². The Kier molecular flexibility index (Phi) is 4.94. The van der Waals surface area contributed by atoms with Gasteiger partial charge in [0.05, 0.1) is 0 Å². The molecule has 0 spiro atoms. The largest absolute Gasteiger partial charge is 0.478 e. The molecule has 0 saturated heterocycles. The predicted molar refractivity (Wildman–Crippen MR) is 63.7 cm³/mol. The van der Waals surface area contributed by atoms with Crippen molar-refractivity contribution in [1.82, 2.24) is 0 Å². The molecule has 1 aromatic carbocycles. The van der Waals surface area contributed by atoms with E-state index in [1.165, 1.54) is 6.08 Å². The molecule has 0 aliphatic carbocycles. The lowest BCUT2D eigenvalue weighted by atomic mass is 10.2. The number of hydrogen-bond acceptors (Lipinski definition) is 3. The number of carboxylic acids is 1. The molecule has 0 aromatic heterocycles. The summed E-state index contributed by atoms with van der Waals surface area (Å²) >= 11 is 0. The average Bonchev–Trinajstić information content (AvgIpc) is 2.28. The fraction of sp³-hybridized carbons (Fsp3) is 0.231. The lowest BCUT2D eigenvalue weighted by Gasteiger charge is -2.03. The van der Waals surface area contributed by atoms with Gasteiger partial charge in [0.2, 0.25) is 0 Å². The van der Waals surface area contributed by atoms with Gasteiger partial charge < -0.3 is 9.84 Å². The van der Waals surface area contributed by atoms with E-state index in [-0.39, 0.29) is 5.97 Å². The molecular weight excluding hydrogens is 220 g/mol. The van der Waals surface area contributed by atoms with Gasteiger partial charge in [0, 0.05) is 12.5 Å². The Hall–Kier alpha value is -2.10. The van der Waals surface area contributed by atoms with Crippen molar-refractivity contribution in [3.63, 3.8) is 0 Å². The van der Waals surface area contributed by atoms with Crippen LogP contribution in [0.3, 0.4) is 0 Å². The van der Waals surface area contributed by atoms with Crippen LogP contribution in [0, 0.1) is 0 Å². The van der Waals surface area contributed by atoms with Crippen molar-refractivity contribution in [1.29, 1.82) is 0 Å². The normalized spacial score (nSPS) is 10.4. The molecule has 0 fully saturated rings. The Balaban J connectivity index is 2.62. The Morgan fingerprint density at radius 1 is 1.29 bits per heavy atom. The molecule has 1 rings (SSSR count). The fourth-order valence-corrected chi connectivity index (χ4v) is 1.20. The van der Waals surface area contributed by atoms with Crippen LogP contribution in [0.5, 0.6) is 5.75 Å². The third-order valence-electron chi connectivity index (χ3n) is 1.98. The summed E-state index contributed by atoms with van der Waals surface area (Å²) in [5.74, 6) is -0.791. The molecule has 0 saturated carbocycles. The van der Waals surface area contributed by atoms with Crippen molar-refractivity contribution in [3.05, 3.63) is 35.9 Å². The number of hydrogen-bond donors (Lipinski definition) is 1. The molecule has 0 aliphatic heterocycles. The first-order valence-electron chi connectivity index (χ1n) is 5.33. The maximum absolute atomic E-state index is 11.2. The quantitative estimate of drug-likeness (QED) is 0.483. The Morgan fingerprint density at radius 2 is 1.94 bits per heavy atom. The smallest absolute Gasteiger partial charge is 0.328 e. The molecular formula is C13H14O4. The summed E-state index contributed by atoms with van der Waals surface area (Å²) in [7, 11) is 0. The van der Waals surface area contributed by atoms with Crippen LogP contribution in [0.15, 0.2) is 30.3 Å². The second-order valence-corrected chi connectivity index (χ2v) is 3.46. The fourth-order valence-electron chi connectivity index (χ4n) is 1.20. The van der Waals surface area contributed by atoms with E-state index in [2.05, 4.69) is 0 Å². The number of rotatable bonds is 5. The molecule has 90 valence electrons. The van der Waals surface area contributed by atoms with E-state index in [1.54, 1.807) is 24.3 Å². The summed E-state index contributed by atoms with van der Waals surface area (Å²) < 4.78 is 5.06. The molecule has 0 unspecified atom stereocenters. The van der Waals surface area contributed by atoms with Crippen LogP contribution in [0.1, 0.15) is 25.3 Å². The summed E-state index contributed by atoms with van der Waals surface area (Å²) in [5.41, 5.74) is 0.739. The highest BCUT2D eigenvalue weighted by atomic mass is 16.5. The Bertz CT molecular complexity index is 418. The molecule has 0 aliphatic rings. The number of carboxylic acid groups (broad SMARTS) is 1. The van der Waals surface area contributed by atoms with Gasteiger partial charge in [-0.1, -0.05) is 19.1 Å². The SMILES string of the molecule is CCCC(=O)Oc1ccc(/C=C/C(=O)O)cc1. The van der Waals surface area contributed by atoms with Crippen molar-refractivity contribution in [2.75, 3.05) is 0 Å². The molecule has 0 bridgehead atoms. The molecule has 4 nitrogen and oxygen atoms in total. The van der Waals surface area contributed by atoms with E-state index in [1.807, 2.05) is 6.92 Å². The van der Waals surface area contributed by atoms with Crippen molar-refractivity contribution in [2.45, 2.75) is 19.8 Å². The summed E-state index contributed by atoms with van der Waals surface area (Å²) in [4.78, 5) is 21.5. The summed E-state index contributed by atoms with van der Waals surface area (Å²) in [6.07, 6.45) is 3.66. The minimum atomic E-state index is -0.997. The van der Waals surface area contributed by atoms with E-state index in [9.17, 15) is 9.59 Å². The maximum Gasteiger partial charge on any atom is 0.328 e. The topological polar surface area (TPSA) is 63.6 Å². The monoisotopic (exact) mass is 234 g/mol. The summed E-state index contributed by atoms with van der Waals surface area (Å²) in [6.45, 7) is 1.90. The van der Waals surface area contributed by atoms with Crippen LogP contribution in [0.25, 0.3) is 6.08 Å². The lowest BCUT2D eigenvalue weighted by molar-refractivity contribution is -0.134. The van der Waals surface area contributed by atoms with Crippen molar-refractivity contribution in [2.24, 2.45) is 0 Å².